The second kappa shape index (κ2) is 5.23. The summed E-state index contributed by atoms with van der Waals surface area (Å²) >= 11 is 4.22. The fourth-order valence-electron chi connectivity index (χ4n) is 1.22. The largest absolute Gasteiger partial charge is 0.481 e. The molecule has 1 heterocycles. The third-order valence-corrected chi connectivity index (χ3v) is 4.35. The van der Waals surface area contributed by atoms with Crippen molar-refractivity contribution in [2.45, 2.75) is 32.1 Å². The second-order valence-corrected chi connectivity index (χ2v) is 5.58. The van der Waals surface area contributed by atoms with Crippen molar-refractivity contribution in [2.24, 2.45) is 0 Å². The van der Waals surface area contributed by atoms with E-state index in [1.165, 1.54) is 6.07 Å². The van der Waals surface area contributed by atoms with Crippen LogP contribution in [0, 0.1) is 6.92 Å². The Morgan fingerprint density at radius 2 is 2.25 bits per heavy atom. The molecule has 1 aromatic heterocycles. The van der Waals surface area contributed by atoms with Crippen LogP contribution in [0.3, 0.4) is 0 Å². The molecule has 0 amide bonds. The van der Waals surface area contributed by atoms with Crippen LogP contribution in [0.15, 0.2) is 10.5 Å². The summed E-state index contributed by atoms with van der Waals surface area (Å²) in [6.45, 7) is 1.76. The molecule has 0 spiro atoms. The van der Waals surface area contributed by atoms with E-state index in [-0.39, 0.29) is 17.7 Å². The third-order valence-electron chi connectivity index (χ3n) is 2.10. The summed E-state index contributed by atoms with van der Waals surface area (Å²) < 4.78 is 27.9. The highest BCUT2D eigenvalue weighted by Gasteiger charge is 2.33. The van der Waals surface area contributed by atoms with Crippen molar-refractivity contribution in [1.29, 1.82) is 0 Å². The van der Waals surface area contributed by atoms with Crippen LogP contribution in [-0.2, 0) is 10.7 Å². The van der Waals surface area contributed by atoms with Gasteiger partial charge >= 0.3 is 5.97 Å². The Morgan fingerprint density at radius 3 is 2.69 bits per heavy atom. The van der Waals surface area contributed by atoms with Crippen LogP contribution in [0.5, 0.6) is 0 Å². The molecule has 6 heteroatoms. The molecular formula is C10H11BrF2O2S. The molecule has 0 unspecified atom stereocenters. The Balaban J connectivity index is 2.66. The van der Waals surface area contributed by atoms with Gasteiger partial charge in [-0.05, 0) is 35.3 Å². The minimum Gasteiger partial charge on any atom is -0.481 e. The van der Waals surface area contributed by atoms with E-state index >= 15 is 0 Å². The molecular weight excluding hydrogens is 302 g/mol. The maximum absolute atomic E-state index is 13.6. The summed E-state index contributed by atoms with van der Waals surface area (Å²) in [5.74, 6) is -3.98. The smallest absolute Gasteiger partial charge is 0.303 e. The zero-order chi connectivity index (χ0) is 12.3. The first-order valence-electron chi connectivity index (χ1n) is 4.69. The van der Waals surface area contributed by atoms with Crippen LogP contribution in [0.25, 0.3) is 0 Å². The molecule has 2 nitrogen and oxygen atoms in total. The van der Waals surface area contributed by atoms with Crippen molar-refractivity contribution in [2.75, 3.05) is 0 Å². The SMILES string of the molecule is Cc1sc(C(F)(F)CCCC(=O)O)cc1Br. The molecule has 0 fully saturated rings. The number of carboxylic acids is 1. The van der Waals surface area contributed by atoms with Crippen LogP contribution in [0.2, 0.25) is 0 Å². The first-order chi connectivity index (χ1) is 7.33. The Morgan fingerprint density at radius 1 is 1.62 bits per heavy atom. The predicted molar refractivity (Wildman–Crippen MR) is 62.1 cm³/mol. The van der Waals surface area contributed by atoms with Gasteiger partial charge in [0.25, 0.3) is 5.92 Å². The fourth-order valence-corrected chi connectivity index (χ4v) is 2.76. The number of aryl methyl sites for hydroxylation is 1. The number of hydrogen-bond acceptors (Lipinski definition) is 2. The van der Waals surface area contributed by atoms with E-state index in [0.29, 0.717) is 4.47 Å². The standard InChI is InChI=1S/C10H11BrF2O2S/c1-6-7(11)5-8(16-6)10(12,13)4-2-3-9(14)15/h5H,2-4H2,1H3,(H,14,15). The van der Waals surface area contributed by atoms with Gasteiger partial charge in [-0.15, -0.1) is 11.3 Å². The van der Waals surface area contributed by atoms with Gasteiger partial charge in [-0.1, -0.05) is 0 Å². The number of halogens is 3. The van der Waals surface area contributed by atoms with Crippen molar-refractivity contribution in [1.82, 2.24) is 0 Å². The van der Waals surface area contributed by atoms with Crippen LogP contribution in [0.4, 0.5) is 8.78 Å². The number of hydrogen-bond donors (Lipinski definition) is 1. The zero-order valence-corrected chi connectivity index (χ0v) is 11.0. The van der Waals surface area contributed by atoms with E-state index in [9.17, 15) is 13.6 Å². The maximum atomic E-state index is 13.6. The molecule has 1 N–H and O–H groups in total. The van der Waals surface area contributed by atoms with Gasteiger partial charge in [-0.2, -0.15) is 0 Å². The Kier molecular flexibility index (Phi) is 4.43. The molecule has 1 rings (SSSR count). The van der Waals surface area contributed by atoms with Crippen molar-refractivity contribution in [3.63, 3.8) is 0 Å². The summed E-state index contributed by atoms with van der Waals surface area (Å²) in [5, 5.41) is 8.38. The quantitative estimate of drug-likeness (QED) is 0.886. The van der Waals surface area contributed by atoms with Gasteiger partial charge in [-0.25, -0.2) is 8.78 Å². The van der Waals surface area contributed by atoms with Crippen molar-refractivity contribution >= 4 is 33.2 Å². The van der Waals surface area contributed by atoms with E-state index in [2.05, 4.69) is 15.9 Å². The average Bonchev–Trinajstić information content (AvgIpc) is 2.46. The van der Waals surface area contributed by atoms with E-state index in [0.717, 1.165) is 16.2 Å². The molecule has 1 aromatic rings. The lowest BCUT2D eigenvalue weighted by Gasteiger charge is -2.13. The molecule has 0 bridgehead atoms. The molecule has 0 aliphatic heterocycles. The molecule has 0 saturated heterocycles. The molecule has 0 aliphatic rings. The first kappa shape index (κ1) is 13.6. The lowest BCUT2D eigenvalue weighted by Crippen LogP contribution is -2.12. The topological polar surface area (TPSA) is 37.3 Å². The lowest BCUT2D eigenvalue weighted by molar-refractivity contribution is -0.137. The summed E-state index contributed by atoms with van der Waals surface area (Å²) in [7, 11) is 0. The van der Waals surface area contributed by atoms with Crippen molar-refractivity contribution in [3.05, 3.63) is 20.3 Å². The number of rotatable bonds is 5. The van der Waals surface area contributed by atoms with E-state index in [4.69, 9.17) is 5.11 Å². The van der Waals surface area contributed by atoms with Crippen LogP contribution in [-0.4, -0.2) is 11.1 Å². The van der Waals surface area contributed by atoms with E-state index < -0.39 is 18.3 Å². The molecule has 0 saturated carbocycles. The van der Waals surface area contributed by atoms with E-state index in [1.54, 1.807) is 6.92 Å². The molecule has 90 valence electrons. The third kappa shape index (κ3) is 3.52. The normalized spacial score (nSPS) is 11.8. The van der Waals surface area contributed by atoms with Gasteiger partial charge in [-0.3, -0.25) is 4.79 Å². The van der Waals surface area contributed by atoms with Gasteiger partial charge < -0.3 is 5.11 Å². The molecule has 0 atom stereocenters. The van der Waals surface area contributed by atoms with Gasteiger partial charge in [0, 0.05) is 22.2 Å². The van der Waals surface area contributed by atoms with E-state index in [1.807, 2.05) is 0 Å². The van der Waals surface area contributed by atoms with Gasteiger partial charge in [0.15, 0.2) is 0 Å². The molecule has 0 aliphatic carbocycles. The maximum Gasteiger partial charge on any atom is 0.303 e. The van der Waals surface area contributed by atoms with Gasteiger partial charge in [0.05, 0.1) is 4.88 Å². The number of thiophene rings is 1. The minimum absolute atomic E-state index is 0.0118. The number of aliphatic carboxylic acids is 1. The summed E-state index contributed by atoms with van der Waals surface area (Å²) in [4.78, 5) is 11.0. The summed E-state index contributed by atoms with van der Waals surface area (Å²) in [6, 6.07) is 1.40. The lowest BCUT2D eigenvalue weighted by atomic mass is 10.1. The Labute approximate surface area is 104 Å². The highest BCUT2D eigenvalue weighted by atomic mass is 79.9. The minimum atomic E-state index is -2.93. The zero-order valence-electron chi connectivity index (χ0n) is 8.60. The monoisotopic (exact) mass is 312 g/mol. The molecule has 0 radical (unpaired) electrons. The fraction of sp³-hybridized carbons (Fsp3) is 0.500. The Hall–Kier alpha value is -0.490. The number of carbonyl (C=O) groups is 1. The highest BCUT2D eigenvalue weighted by molar-refractivity contribution is 9.10. The first-order valence-corrected chi connectivity index (χ1v) is 6.30. The Bertz CT molecular complexity index is 371. The molecule has 0 aromatic carbocycles. The van der Waals surface area contributed by atoms with Gasteiger partial charge in [0.2, 0.25) is 0 Å². The molecule has 16 heavy (non-hydrogen) atoms. The number of alkyl halides is 2. The highest BCUT2D eigenvalue weighted by Crippen LogP contribution is 2.40. The van der Waals surface area contributed by atoms with Crippen LogP contribution < -0.4 is 0 Å². The second-order valence-electron chi connectivity index (χ2n) is 3.47. The van der Waals surface area contributed by atoms with Crippen molar-refractivity contribution in [3.8, 4) is 0 Å². The number of carboxylic acid groups (broad SMARTS) is 1. The average molecular weight is 313 g/mol. The van der Waals surface area contributed by atoms with Gasteiger partial charge in [0.1, 0.15) is 0 Å². The van der Waals surface area contributed by atoms with Crippen LogP contribution in [0.1, 0.15) is 29.0 Å². The summed E-state index contributed by atoms with van der Waals surface area (Å²) in [5.41, 5.74) is 0. The van der Waals surface area contributed by atoms with Crippen LogP contribution >= 0.6 is 27.3 Å². The van der Waals surface area contributed by atoms with Crippen molar-refractivity contribution < 1.29 is 18.7 Å². The summed E-state index contributed by atoms with van der Waals surface area (Å²) in [6.07, 6.45) is -0.663. The predicted octanol–water partition coefficient (Wildman–Crippen LogP) is 4.17.